The van der Waals surface area contributed by atoms with E-state index in [2.05, 4.69) is 0 Å². The van der Waals surface area contributed by atoms with Gasteiger partial charge in [-0.05, 0) is 17.7 Å². The highest BCUT2D eigenvalue weighted by Crippen LogP contribution is 2.42. The van der Waals surface area contributed by atoms with Gasteiger partial charge in [-0.3, -0.25) is 4.90 Å². The van der Waals surface area contributed by atoms with Crippen LogP contribution in [-0.2, 0) is 20.7 Å². The first-order valence-corrected chi connectivity index (χ1v) is 9.64. The lowest BCUT2D eigenvalue weighted by molar-refractivity contribution is -0.305. The second-order valence-corrected chi connectivity index (χ2v) is 7.43. The van der Waals surface area contributed by atoms with Gasteiger partial charge in [0.05, 0.1) is 17.5 Å². The minimum absolute atomic E-state index is 0.250. The average molecular weight is 430 g/mol. The van der Waals surface area contributed by atoms with Crippen molar-refractivity contribution in [3.8, 4) is 0 Å². The number of hydrogen-bond donors (Lipinski definition) is 5. The van der Waals surface area contributed by atoms with Gasteiger partial charge < -0.3 is 35.6 Å². The van der Waals surface area contributed by atoms with Gasteiger partial charge in [0.15, 0.2) is 12.4 Å². The highest BCUT2D eigenvalue weighted by Gasteiger charge is 2.48. The van der Waals surface area contributed by atoms with E-state index in [1.54, 1.807) is 48.5 Å². The molecule has 0 aliphatic carbocycles. The Labute approximate surface area is 177 Å². The Morgan fingerprint density at radius 1 is 0.968 bits per heavy atom. The fraction of sp³-hybridized carbons (Fsp3) is 0.333. The van der Waals surface area contributed by atoms with Crippen molar-refractivity contribution in [1.29, 1.82) is 0 Å². The van der Waals surface area contributed by atoms with Gasteiger partial charge in [-0.1, -0.05) is 36.4 Å². The maximum atomic E-state index is 12.3. The van der Waals surface area contributed by atoms with E-state index >= 15 is 0 Å². The number of carbonyl (C=O) groups excluding carboxylic acids is 1. The number of rotatable bonds is 3. The summed E-state index contributed by atoms with van der Waals surface area (Å²) in [5.41, 5.74) is 7.97. The summed E-state index contributed by atoms with van der Waals surface area (Å²) in [5.74, 6) is -1.50. The topological polar surface area (TPSA) is 163 Å². The fourth-order valence-electron chi connectivity index (χ4n) is 3.99. The maximum absolute atomic E-state index is 12.3. The third-order valence-corrected chi connectivity index (χ3v) is 5.49. The maximum Gasteiger partial charge on any atom is 0.335 e. The van der Waals surface area contributed by atoms with Crippen LogP contribution in [0.15, 0.2) is 48.5 Å². The number of benzene rings is 2. The highest BCUT2D eigenvalue weighted by molar-refractivity contribution is 6.00. The van der Waals surface area contributed by atoms with Crippen LogP contribution in [0.1, 0.15) is 17.2 Å². The first-order chi connectivity index (χ1) is 14.8. The molecular weight excluding hydrogens is 408 g/mol. The highest BCUT2D eigenvalue weighted by atomic mass is 16.7. The summed E-state index contributed by atoms with van der Waals surface area (Å²) in [6.45, 7) is 0. The normalized spacial score (nSPS) is 30.1. The summed E-state index contributed by atoms with van der Waals surface area (Å²) >= 11 is 0. The van der Waals surface area contributed by atoms with E-state index in [0.717, 1.165) is 5.56 Å². The van der Waals surface area contributed by atoms with Gasteiger partial charge in [-0.15, -0.1) is 0 Å². The molecule has 2 aliphatic heterocycles. The fourth-order valence-corrected chi connectivity index (χ4v) is 3.99. The van der Waals surface area contributed by atoms with Crippen LogP contribution in [0.5, 0.6) is 0 Å². The van der Waals surface area contributed by atoms with E-state index in [1.165, 1.54) is 4.90 Å². The first-order valence-electron chi connectivity index (χ1n) is 9.64. The molecule has 6 atom stereocenters. The molecule has 0 radical (unpaired) electrons. The molecular formula is C21H22N2O8. The molecule has 2 aromatic rings. The molecule has 6 N–H and O–H groups in total. The van der Waals surface area contributed by atoms with E-state index in [9.17, 15) is 30.0 Å². The van der Waals surface area contributed by atoms with Gasteiger partial charge in [0.1, 0.15) is 18.3 Å². The van der Waals surface area contributed by atoms with Crippen molar-refractivity contribution in [3.05, 3.63) is 59.7 Å². The number of aliphatic carboxylic acids is 1. The Kier molecular flexibility index (Phi) is 5.65. The lowest BCUT2D eigenvalue weighted by atomic mass is 9.98. The molecule has 1 fully saturated rings. The molecule has 4 rings (SSSR count). The zero-order chi connectivity index (χ0) is 22.3. The molecule has 2 amide bonds. The molecule has 164 valence electrons. The Morgan fingerprint density at radius 3 is 2.29 bits per heavy atom. The van der Waals surface area contributed by atoms with Crippen LogP contribution in [0, 0.1) is 0 Å². The minimum Gasteiger partial charge on any atom is -0.479 e. The number of nitrogens with two attached hydrogens (primary N) is 1. The Morgan fingerprint density at radius 2 is 1.61 bits per heavy atom. The van der Waals surface area contributed by atoms with Crippen LogP contribution >= 0.6 is 0 Å². The number of primary amides is 1. The number of fused-ring (bicyclic) bond motifs is 2. The van der Waals surface area contributed by atoms with Crippen molar-refractivity contribution >= 4 is 23.4 Å². The van der Waals surface area contributed by atoms with Gasteiger partial charge in [0.2, 0.25) is 0 Å². The monoisotopic (exact) mass is 430 g/mol. The quantitative estimate of drug-likeness (QED) is 0.467. The third-order valence-electron chi connectivity index (χ3n) is 5.49. The average Bonchev–Trinajstić information content (AvgIpc) is 2.88. The van der Waals surface area contributed by atoms with Crippen LogP contribution in [-0.4, -0.2) is 63.1 Å². The zero-order valence-electron chi connectivity index (χ0n) is 16.2. The second-order valence-electron chi connectivity index (χ2n) is 7.43. The predicted octanol–water partition coefficient (Wildman–Crippen LogP) is 0.409. The number of urea groups is 1. The molecule has 10 nitrogen and oxygen atoms in total. The number of hydrogen-bond acceptors (Lipinski definition) is 7. The number of aliphatic hydroxyl groups excluding tert-OH is 3. The molecule has 0 spiro atoms. The van der Waals surface area contributed by atoms with Gasteiger partial charge in [0.25, 0.3) is 0 Å². The number of ether oxygens (including phenoxy) is 2. The number of aliphatic hydroxyl groups is 3. The SMILES string of the molecule is NC(=O)N1c2ccccc2C[C@@H](O[C@@H]2O[C@H](C(=O)O)[C@@H](O)[C@H](O)[C@@H]2O)c2ccccc21. The molecule has 10 heteroatoms. The minimum atomic E-state index is -1.82. The molecule has 0 bridgehead atoms. The summed E-state index contributed by atoms with van der Waals surface area (Å²) in [5, 5.41) is 39.6. The number of nitrogens with zero attached hydrogens (tertiary/aromatic N) is 1. The summed E-state index contributed by atoms with van der Waals surface area (Å²) in [4.78, 5) is 25.0. The Hall–Kier alpha value is -3.02. The first kappa shape index (κ1) is 21.2. The molecule has 2 aliphatic rings. The molecule has 2 heterocycles. The Bertz CT molecular complexity index is 999. The second kappa shape index (κ2) is 8.25. The largest absolute Gasteiger partial charge is 0.479 e. The number of carboxylic acid groups (broad SMARTS) is 1. The molecule has 31 heavy (non-hydrogen) atoms. The van der Waals surface area contributed by atoms with Crippen molar-refractivity contribution < 1.29 is 39.5 Å². The molecule has 1 saturated heterocycles. The van der Waals surface area contributed by atoms with Crippen molar-refractivity contribution in [3.63, 3.8) is 0 Å². The van der Waals surface area contributed by atoms with Gasteiger partial charge in [0, 0.05) is 12.0 Å². The number of amides is 2. The van der Waals surface area contributed by atoms with E-state index in [-0.39, 0.29) is 6.42 Å². The molecule has 0 saturated carbocycles. The van der Waals surface area contributed by atoms with Crippen LogP contribution in [0.25, 0.3) is 0 Å². The summed E-state index contributed by atoms with van der Waals surface area (Å²) in [7, 11) is 0. The van der Waals surface area contributed by atoms with E-state index in [1.807, 2.05) is 0 Å². The smallest absolute Gasteiger partial charge is 0.335 e. The van der Waals surface area contributed by atoms with E-state index in [0.29, 0.717) is 16.9 Å². The molecule has 0 unspecified atom stereocenters. The van der Waals surface area contributed by atoms with Crippen LogP contribution < -0.4 is 10.6 Å². The number of carboxylic acids is 1. The Balaban J connectivity index is 1.74. The molecule has 2 aromatic carbocycles. The van der Waals surface area contributed by atoms with Crippen molar-refractivity contribution in [2.75, 3.05) is 4.90 Å². The lowest BCUT2D eigenvalue weighted by Gasteiger charge is -2.39. The molecule has 0 aromatic heterocycles. The van der Waals surface area contributed by atoms with E-state index < -0.39 is 48.8 Å². The standard InChI is InChI=1S/C21H22N2O8/c22-21(29)23-12-7-3-1-5-10(12)9-14(11-6-2-4-8-13(11)23)30-20-17(26)15(24)16(25)18(31-20)19(27)28/h1-8,14-18,20,24-26H,9H2,(H2,22,29)(H,27,28)/t14-,15+,16+,17+,18+,20-/m1/s1. The van der Waals surface area contributed by atoms with Crippen molar-refractivity contribution in [2.45, 2.75) is 43.2 Å². The summed E-state index contributed by atoms with van der Waals surface area (Å²) in [6.07, 6.45) is -9.14. The van der Waals surface area contributed by atoms with Crippen molar-refractivity contribution in [2.24, 2.45) is 5.73 Å². The number of para-hydroxylation sites is 2. The van der Waals surface area contributed by atoms with Crippen LogP contribution in [0.3, 0.4) is 0 Å². The summed E-state index contributed by atoms with van der Waals surface area (Å²) < 4.78 is 11.2. The number of anilines is 2. The lowest BCUT2D eigenvalue weighted by Crippen LogP contribution is -2.60. The predicted molar refractivity (Wildman–Crippen MR) is 106 cm³/mol. The van der Waals surface area contributed by atoms with Gasteiger partial charge >= 0.3 is 12.0 Å². The van der Waals surface area contributed by atoms with Crippen LogP contribution in [0.2, 0.25) is 0 Å². The van der Waals surface area contributed by atoms with E-state index in [4.69, 9.17) is 15.2 Å². The van der Waals surface area contributed by atoms with Crippen LogP contribution in [0.4, 0.5) is 16.2 Å². The zero-order valence-corrected chi connectivity index (χ0v) is 16.2. The summed E-state index contributed by atoms with van der Waals surface area (Å²) in [6, 6.07) is 13.3. The number of carbonyl (C=O) groups is 2. The van der Waals surface area contributed by atoms with Gasteiger partial charge in [-0.25, -0.2) is 9.59 Å². The van der Waals surface area contributed by atoms with Crippen molar-refractivity contribution in [1.82, 2.24) is 0 Å². The third kappa shape index (κ3) is 3.75. The van der Waals surface area contributed by atoms with Gasteiger partial charge in [-0.2, -0.15) is 0 Å².